The van der Waals surface area contributed by atoms with Gasteiger partial charge in [-0.3, -0.25) is 19.3 Å². The maximum atomic E-state index is 13.2. The Bertz CT molecular complexity index is 834. The third-order valence-corrected chi connectivity index (χ3v) is 4.07. The first kappa shape index (κ1) is 16.1. The van der Waals surface area contributed by atoms with Gasteiger partial charge in [-0.25, -0.2) is 4.39 Å². The first-order valence-electron chi connectivity index (χ1n) is 7.13. The molecule has 0 aromatic heterocycles. The highest BCUT2D eigenvalue weighted by molar-refractivity contribution is 6.31. The van der Waals surface area contributed by atoms with Gasteiger partial charge in [-0.05, 0) is 37.3 Å². The third-order valence-electron chi connectivity index (χ3n) is 3.78. The Morgan fingerprint density at radius 1 is 1.12 bits per heavy atom. The monoisotopic (exact) mass is 346 g/mol. The summed E-state index contributed by atoms with van der Waals surface area (Å²) in [6.07, 6.45) is 0. The lowest BCUT2D eigenvalue weighted by Crippen LogP contribution is -2.45. The molecule has 1 atom stereocenters. The minimum atomic E-state index is -1.03. The molecule has 2 aromatic rings. The predicted octanol–water partition coefficient (Wildman–Crippen LogP) is 3.10. The average molecular weight is 347 g/mol. The van der Waals surface area contributed by atoms with E-state index in [2.05, 4.69) is 5.32 Å². The number of benzene rings is 2. The van der Waals surface area contributed by atoms with E-state index in [4.69, 9.17) is 11.6 Å². The lowest BCUT2D eigenvalue weighted by Gasteiger charge is -2.21. The highest BCUT2D eigenvalue weighted by atomic mass is 35.5. The first-order chi connectivity index (χ1) is 11.4. The van der Waals surface area contributed by atoms with Crippen molar-refractivity contribution in [2.45, 2.75) is 13.0 Å². The van der Waals surface area contributed by atoms with Crippen LogP contribution in [-0.4, -0.2) is 28.7 Å². The molecule has 24 heavy (non-hydrogen) atoms. The molecule has 0 unspecified atom stereocenters. The summed E-state index contributed by atoms with van der Waals surface area (Å²) in [7, 11) is 0. The van der Waals surface area contributed by atoms with Crippen LogP contribution in [0.1, 0.15) is 27.6 Å². The van der Waals surface area contributed by atoms with E-state index >= 15 is 0 Å². The van der Waals surface area contributed by atoms with Crippen molar-refractivity contribution < 1.29 is 18.8 Å². The fraction of sp³-hybridized carbons (Fsp3) is 0.118. The summed E-state index contributed by atoms with van der Waals surface area (Å²) in [6.45, 7) is 1.45. The van der Waals surface area contributed by atoms with E-state index < -0.39 is 29.6 Å². The maximum absolute atomic E-state index is 13.2. The molecule has 1 N–H and O–H groups in total. The molecule has 1 aliphatic heterocycles. The number of carbonyl (C=O) groups excluding carboxylic acids is 3. The number of anilines is 1. The van der Waals surface area contributed by atoms with Gasteiger partial charge in [0.15, 0.2) is 0 Å². The standard InChI is InChI=1S/C17H12ClFN2O3/c1-9(15(22)20-10-6-7-14(19)13(18)8-10)21-16(23)11-4-2-3-5-12(11)17(21)24/h2-9H,1H3,(H,20,22)/t9-/m1/s1. The molecule has 0 aliphatic carbocycles. The summed E-state index contributed by atoms with van der Waals surface area (Å²) in [5.74, 6) is -2.22. The molecule has 0 fully saturated rings. The second kappa shape index (κ2) is 6.05. The zero-order valence-corrected chi connectivity index (χ0v) is 13.3. The van der Waals surface area contributed by atoms with Gasteiger partial charge in [-0.1, -0.05) is 23.7 Å². The number of carbonyl (C=O) groups is 3. The van der Waals surface area contributed by atoms with Crippen molar-refractivity contribution in [3.8, 4) is 0 Å². The SMILES string of the molecule is C[C@H](C(=O)Nc1ccc(F)c(Cl)c1)N1C(=O)c2ccccc2C1=O. The van der Waals surface area contributed by atoms with Gasteiger partial charge >= 0.3 is 0 Å². The number of amides is 3. The van der Waals surface area contributed by atoms with Crippen LogP contribution in [0.15, 0.2) is 42.5 Å². The van der Waals surface area contributed by atoms with Crippen LogP contribution in [0.5, 0.6) is 0 Å². The Kier molecular flexibility index (Phi) is 4.07. The van der Waals surface area contributed by atoms with Crippen molar-refractivity contribution >= 4 is 35.0 Å². The number of nitrogens with zero attached hydrogens (tertiary/aromatic N) is 1. The van der Waals surface area contributed by atoms with Gasteiger partial charge in [0.1, 0.15) is 11.9 Å². The number of nitrogens with one attached hydrogen (secondary N) is 1. The molecule has 5 nitrogen and oxygen atoms in total. The smallest absolute Gasteiger partial charge is 0.262 e. The lowest BCUT2D eigenvalue weighted by atomic mass is 10.1. The summed E-state index contributed by atoms with van der Waals surface area (Å²) < 4.78 is 13.2. The van der Waals surface area contributed by atoms with Crippen LogP contribution in [0.3, 0.4) is 0 Å². The Balaban J connectivity index is 1.80. The van der Waals surface area contributed by atoms with E-state index in [1.807, 2.05) is 0 Å². The summed E-state index contributed by atoms with van der Waals surface area (Å²) >= 11 is 5.67. The maximum Gasteiger partial charge on any atom is 0.262 e. The summed E-state index contributed by atoms with van der Waals surface area (Å²) in [5, 5.41) is 2.38. The Morgan fingerprint density at radius 2 is 1.71 bits per heavy atom. The normalized spacial score (nSPS) is 14.5. The molecule has 3 rings (SSSR count). The van der Waals surface area contributed by atoms with Gasteiger partial charge < -0.3 is 5.32 Å². The highest BCUT2D eigenvalue weighted by Crippen LogP contribution is 2.25. The van der Waals surface area contributed by atoms with Crippen molar-refractivity contribution in [2.75, 3.05) is 5.32 Å². The molecular weight excluding hydrogens is 335 g/mol. The minimum Gasteiger partial charge on any atom is -0.324 e. The van der Waals surface area contributed by atoms with Crippen LogP contribution in [0.4, 0.5) is 10.1 Å². The molecule has 3 amide bonds. The lowest BCUT2D eigenvalue weighted by molar-refractivity contribution is -0.119. The molecule has 0 saturated carbocycles. The number of imide groups is 1. The van der Waals surface area contributed by atoms with E-state index in [9.17, 15) is 18.8 Å². The summed E-state index contributed by atoms with van der Waals surface area (Å²) in [6, 6.07) is 9.07. The van der Waals surface area contributed by atoms with Gasteiger partial charge in [-0.15, -0.1) is 0 Å². The molecule has 2 aromatic carbocycles. The van der Waals surface area contributed by atoms with E-state index in [1.54, 1.807) is 24.3 Å². The topological polar surface area (TPSA) is 66.5 Å². The fourth-order valence-electron chi connectivity index (χ4n) is 2.50. The number of halogens is 2. The van der Waals surface area contributed by atoms with Crippen LogP contribution < -0.4 is 5.32 Å². The fourth-order valence-corrected chi connectivity index (χ4v) is 2.68. The Hall–Kier alpha value is -2.73. The van der Waals surface area contributed by atoms with Crippen molar-refractivity contribution in [2.24, 2.45) is 0 Å². The van der Waals surface area contributed by atoms with Crippen molar-refractivity contribution in [3.63, 3.8) is 0 Å². The third kappa shape index (κ3) is 2.65. The highest BCUT2D eigenvalue weighted by Gasteiger charge is 2.40. The molecule has 1 aliphatic rings. The predicted molar refractivity (Wildman–Crippen MR) is 86.4 cm³/mol. The second-order valence-electron chi connectivity index (χ2n) is 5.32. The van der Waals surface area contributed by atoms with Crippen LogP contribution in [-0.2, 0) is 4.79 Å². The van der Waals surface area contributed by atoms with Gasteiger partial charge in [0, 0.05) is 5.69 Å². The number of rotatable bonds is 3. The molecule has 0 bridgehead atoms. The zero-order chi connectivity index (χ0) is 17.4. The van der Waals surface area contributed by atoms with Gasteiger partial charge in [-0.2, -0.15) is 0 Å². The van der Waals surface area contributed by atoms with Crippen LogP contribution >= 0.6 is 11.6 Å². The first-order valence-corrected chi connectivity index (χ1v) is 7.51. The molecule has 1 heterocycles. The Morgan fingerprint density at radius 3 is 2.25 bits per heavy atom. The Labute approximate surface area is 142 Å². The molecule has 0 saturated heterocycles. The molecule has 7 heteroatoms. The zero-order valence-electron chi connectivity index (χ0n) is 12.5. The summed E-state index contributed by atoms with van der Waals surface area (Å²) in [5.41, 5.74) is 0.814. The van der Waals surface area contributed by atoms with Crippen LogP contribution in [0.2, 0.25) is 5.02 Å². The van der Waals surface area contributed by atoms with Crippen molar-refractivity contribution in [1.29, 1.82) is 0 Å². The molecule has 0 radical (unpaired) electrons. The number of hydrogen-bond acceptors (Lipinski definition) is 3. The van der Waals surface area contributed by atoms with E-state index in [1.165, 1.54) is 19.1 Å². The van der Waals surface area contributed by atoms with Gasteiger partial charge in [0.2, 0.25) is 5.91 Å². The van der Waals surface area contributed by atoms with E-state index in [0.29, 0.717) is 0 Å². The quantitative estimate of drug-likeness (QED) is 0.868. The van der Waals surface area contributed by atoms with Crippen molar-refractivity contribution in [1.82, 2.24) is 4.90 Å². The number of fused-ring (bicyclic) bond motifs is 1. The number of hydrogen-bond donors (Lipinski definition) is 1. The molecule has 0 spiro atoms. The van der Waals surface area contributed by atoms with Crippen LogP contribution in [0, 0.1) is 5.82 Å². The average Bonchev–Trinajstić information content (AvgIpc) is 2.82. The largest absolute Gasteiger partial charge is 0.324 e. The second-order valence-corrected chi connectivity index (χ2v) is 5.73. The summed E-state index contributed by atoms with van der Waals surface area (Å²) in [4.78, 5) is 38.0. The van der Waals surface area contributed by atoms with Crippen molar-refractivity contribution in [3.05, 3.63) is 64.4 Å². The molecule has 122 valence electrons. The van der Waals surface area contributed by atoms with E-state index in [-0.39, 0.29) is 21.8 Å². The minimum absolute atomic E-state index is 0.138. The van der Waals surface area contributed by atoms with Gasteiger partial charge in [0.05, 0.1) is 16.1 Å². The van der Waals surface area contributed by atoms with Crippen LogP contribution in [0.25, 0.3) is 0 Å². The van der Waals surface area contributed by atoms with E-state index in [0.717, 1.165) is 11.0 Å². The molecular formula is C17H12ClFN2O3. The van der Waals surface area contributed by atoms with Gasteiger partial charge in [0.25, 0.3) is 11.8 Å².